The van der Waals surface area contributed by atoms with Crippen molar-refractivity contribution in [2.75, 3.05) is 46.3 Å². The molecule has 0 spiro atoms. The van der Waals surface area contributed by atoms with E-state index in [0.29, 0.717) is 0 Å². The van der Waals surface area contributed by atoms with Crippen LogP contribution in [0.25, 0.3) is 0 Å². The monoisotopic (exact) mass is 241 g/mol. The van der Waals surface area contributed by atoms with E-state index in [2.05, 4.69) is 29.5 Å². The first-order chi connectivity index (χ1) is 8.36. The van der Waals surface area contributed by atoms with Crippen molar-refractivity contribution in [1.29, 1.82) is 0 Å². The van der Waals surface area contributed by atoms with E-state index in [-0.39, 0.29) is 0 Å². The minimum Gasteiger partial charge on any atom is -0.320 e. The Kier molecular flexibility index (Phi) is 8.67. The lowest BCUT2D eigenvalue weighted by molar-refractivity contribution is 0.233. The van der Waals surface area contributed by atoms with Gasteiger partial charge in [-0.05, 0) is 38.9 Å². The number of nitrogens with zero attached hydrogens (tertiary/aromatic N) is 1. The van der Waals surface area contributed by atoms with Gasteiger partial charge in [-0.25, -0.2) is 0 Å². The molecule has 1 atom stereocenters. The fraction of sp³-hybridized carbons (Fsp3) is 1.00. The van der Waals surface area contributed by atoms with Crippen molar-refractivity contribution in [2.24, 2.45) is 5.92 Å². The zero-order valence-electron chi connectivity index (χ0n) is 11.8. The van der Waals surface area contributed by atoms with Crippen LogP contribution in [0.3, 0.4) is 0 Å². The summed E-state index contributed by atoms with van der Waals surface area (Å²) in [5.41, 5.74) is 0. The van der Waals surface area contributed by atoms with Gasteiger partial charge < -0.3 is 15.5 Å². The van der Waals surface area contributed by atoms with Gasteiger partial charge in [0.15, 0.2) is 0 Å². The normalized spacial score (nSPS) is 19.4. The van der Waals surface area contributed by atoms with E-state index < -0.39 is 0 Å². The Morgan fingerprint density at radius 2 is 1.94 bits per heavy atom. The minimum atomic E-state index is 0.936. The Labute approximate surface area is 107 Å². The maximum absolute atomic E-state index is 3.41. The van der Waals surface area contributed by atoms with Gasteiger partial charge in [0.1, 0.15) is 0 Å². The SMILES string of the molecule is CCC(CCCCN1CCNCC1)CCNC. The number of rotatable bonds is 9. The molecule has 0 aromatic carbocycles. The molecule has 0 aromatic heterocycles. The van der Waals surface area contributed by atoms with Gasteiger partial charge in [0.2, 0.25) is 0 Å². The van der Waals surface area contributed by atoms with Crippen LogP contribution in [0.1, 0.15) is 39.0 Å². The smallest absolute Gasteiger partial charge is 0.0107 e. The Morgan fingerprint density at radius 1 is 1.18 bits per heavy atom. The molecule has 3 heteroatoms. The first-order valence-corrected chi connectivity index (χ1v) is 7.44. The van der Waals surface area contributed by atoms with E-state index in [1.807, 2.05) is 0 Å². The quantitative estimate of drug-likeness (QED) is 0.602. The van der Waals surface area contributed by atoms with Crippen LogP contribution in [0.2, 0.25) is 0 Å². The van der Waals surface area contributed by atoms with Gasteiger partial charge in [0.05, 0.1) is 0 Å². The summed E-state index contributed by atoms with van der Waals surface area (Å²) >= 11 is 0. The van der Waals surface area contributed by atoms with Crippen molar-refractivity contribution in [3.63, 3.8) is 0 Å². The molecule has 1 aliphatic rings. The highest BCUT2D eigenvalue weighted by Crippen LogP contribution is 2.16. The van der Waals surface area contributed by atoms with Gasteiger partial charge in [-0.15, -0.1) is 0 Å². The van der Waals surface area contributed by atoms with Gasteiger partial charge in [-0.3, -0.25) is 0 Å². The molecule has 17 heavy (non-hydrogen) atoms. The molecule has 1 rings (SSSR count). The summed E-state index contributed by atoms with van der Waals surface area (Å²) < 4.78 is 0. The Balaban J connectivity index is 1.97. The predicted octanol–water partition coefficient (Wildman–Crippen LogP) is 1.70. The molecule has 0 amide bonds. The van der Waals surface area contributed by atoms with E-state index in [9.17, 15) is 0 Å². The first kappa shape index (κ1) is 14.9. The highest BCUT2D eigenvalue weighted by Gasteiger charge is 2.09. The molecule has 0 bridgehead atoms. The molecule has 0 radical (unpaired) electrons. The van der Waals surface area contributed by atoms with E-state index in [4.69, 9.17) is 0 Å². The fourth-order valence-electron chi connectivity index (χ4n) is 2.60. The van der Waals surface area contributed by atoms with Crippen LogP contribution in [-0.4, -0.2) is 51.2 Å². The summed E-state index contributed by atoms with van der Waals surface area (Å²) in [5.74, 6) is 0.936. The Morgan fingerprint density at radius 3 is 2.59 bits per heavy atom. The van der Waals surface area contributed by atoms with Crippen LogP contribution in [0.4, 0.5) is 0 Å². The second kappa shape index (κ2) is 9.86. The Bertz CT molecular complexity index is 167. The maximum atomic E-state index is 3.41. The number of hydrogen-bond acceptors (Lipinski definition) is 3. The van der Waals surface area contributed by atoms with Crippen molar-refractivity contribution >= 4 is 0 Å². The molecule has 1 fully saturated rings. The zero-order chi connectivity index (χ0) is 12.3. The van der Waals surface area contributed by atoms with Crippen molar-refractivity contribution in [2.45, 2.75) is 39.0 Å². The second-order valence-corrected chi connectivity index (χ2v) is 5.25. The van der Waals surface area contributed by atoms with Crippen LogP contribution >= 0.6 is 0 Å². The van der Waals surface area contributed by atoms with Crippen LogP contribution in [0.5, 0.6) is 0 Å². The third-order valence-electron chi connectivity index (χ3n) is 3.93. The number of piperazine rings is 1. The highest BCUT2D eigenvalue weighted by molar-refractivity contribution is 4.67. The molecule has 1 unspecified atom stereocenters. The molecule has 1 aliphatic heterocycles. The lowest BCUT2D eigenvalue weighted by Crippen LogP contribution is -2.43. The van der Waals surface area contributed by atoms with Gasteiger partial charge in [-0.2, -0.15) is 0 Å². The van der Waals surface area contributed by atoms with Crippen molar-refractivity contribution in [3.8, 4) is 0 Å². The molecule has 0 saturated carbocycles. The summed E-state index contributed by atoms with van der Waals surface area (Å²) in [7, 11) is 2.05. The minimum absolute atomic E-state index is 0.936. The summed E-state index contributed by atoms with van der Waals surface area (Å²) in [4.78, 5) is 2.60. The fourth-order valence-corrected chi connectivity index (χ4v) is 2.60. The second-order valence-electron chi connectivity index (χ2n) is 5.25. The van der Waals surface area contributed by atoms with Crippen LogP contribution < -0.4 is 10.6 Å². The topological polar surface area (TPSA) is 27.3 Å². The van der Waals surface area contributed by atoms with Gasteiger partial charge in [0.25, 0.3) is 0 Å². The molecule has 0 aliphatic carbocycles. The third-order valence-corrected chi connectivity index (χ3v) is 3.93. The molecule has 102 valence electrons. The molecule has 3 nitrogen and oxygen atoms in total. The average molecular weight is 241 g/mol. The van der Waals surface area contributed by atoms with E-state index in [0.717, 1.165) is 5.92 Å². The number of hydrogen-bond donors (Lipinski definition) is 2. The molecule has 1 heterocycles. The van der Waals surface area contributed by atoms with Gasteiger partial charge >= 0.3 is 0 Å². The lowest BCUT2D eigenvalue weighted by atomic mass is 9.95. The van der Waals surface area contributed by atoms with Crippen LogP contribution in [-0.2, 0) is 0 Å². The van der Waals surface area contributed by atoms with E-state index in [1.165, 1.54) is 71.4 Å². The molecule has 2 N–H and O–H groups in total. The first-order valence-electron chi connectivity index (χ1n) is 7.44. The van der Waals surface area contributed by atoms with Crippen molar-refractivity contribution < 1.29 is 0 Å². The summed E-state index contributed by atoms with van der Waals surface area (Å²) in [6.07, 6.45) is 6.91. The molecule has 0 aromatic rings. The number of nitrogens with one attached hydrogen (secondary N) is 2. The summed E-state index contributed by atoms with van der Waals surface area (Å²) in [6, 6.07) is 0. The van der Waals surface area contributed by atoms with Crippen LogP contribution in [0.15, 0.2) is 0 Å². The van der Waals surface area contributed by atoms with Gasteiger partial charge in [0, 0.05) is 26.2 Å². The average Bonchev–Trinajstić information content (AvgIpc) is 2.39. The largest absolute Gasteiger partial charge is 0.320 e. The van der Waals surface area contributed by atoms with Gasteiger partial charge in [-0.1, -0.05) is 26.2 Å². The number of unbranched alkanes of at least 4 members (excludes halogenated alkanes) is 1. The summed E-state index contributed by atoms with van der Waals surface area (Å²) in [5, 5.41) is 6.67. The van der Waals surface area contributed by atoms with E-state index in [1.54, 1.807) is 0 Å². The molecule has 1 saturated heterocycles. The summed E-state index contributed by atoms with van der Waals surface area (Å²) in [6.45, 7) is 9.67. The zero-order valence-corrected chi connectivity index (χ0v) is 11.8. The van der Waals surface area contributed by atoms with Crippen molar-refractivity contribution in [3.05, 3.63) is 0 Å². The Hall–Kier alpha value is -0.120. The lowest BCUT2D eigenvalue weighted by Gasteiger charge is -2.27. The standard InChI is InChI=1S/C14H31N3/c1-3-14(7-8-15-2)6-4-5-11-17-12-9-16-10-13-17/h14-16H,3-13H2,1-2H3. The highest BCUT2D eigenvalue weighted by atomic mass is 15.2. The molecular weight excluding hydrogens is 210 g/mol. The van der Waals surface area contributed by atoms with E-state index >= 15 is 0 Å². The van der Waals surface area contributed by atoms with Crippen LogP contribution in [0, 0.1) is 5.92 Å². The molecular formula is C14H31N3. The maximum Gasteiger partial charge on any atom is 0.0107 e. The third kappa shape index (κ3) is 7.02. The predicted molar refractivity (Wildman–Crippen MR) is 75.5 cm³/mol. The van der Waals surface area contributed by atoms with Crippen molar-refractivity contribution in [1.82, 2.24) is 15.5 Å².